The summed E-state index contributed by atoms with van der Waals surface area (Å²) in [6.45, 7) is 0. The van der Waals surface area contributed by atoms with Gasteiger partial charge in [0, 0.05) is 12.0 Å². The van der Waals surface area contributed by atoms with Crippen LogP contribution in [0.5, 0.6) is 5.75 Å². The molecule has 0 spiro atoms. The summed E-state index contributed by atoms with van der Waals surface area (Å²) in [4.78, 5) is 12.1. The van der Waals surface area contributed by atoms with Crippen molar-refractivity contribution in [3.63, 3.8) is 0 Å². The smallest absolute Gasteiger partial charge is 0.187 e. The number of ether oxygens (including phenoxy) is 1. The number of para-hydroxylation sites is 1. The minimum atomic E-state index is -0.929. The molecular formula is C16H14O3. The molecule has 0 radical (unpaired) electrons. The van der Waals surface area contributed by atoms with Crippen molar-refractivity contribution in [3.8, 4) is 5.75 Å². The highest BCUT2D eigenvalue weighted by Crippen LogP contribution is 2.30. The molecule has 1 heterocycles. The Balaban J connectivity index is 1.89. The summed E-state index contributed by atoms with van der Waals surface area (Å²) in [5.74, 6) is 0.595. The zero-order chi connectivity index (χ0) is 13.2. The zero-order valence-electron chi connectivity index (χ0n) is 10.3. The summed E-state index contributed by atoms with van der Waals surface area (Å²) in [6.07, 6.45) is -1.44. The van der Waals surface area contributed by atoms with Gasteiger partial charge in [0.1, 0.15) is 11.9 Å². The molecule has 2 aromatic carbocycles. The summed E-state index contributed by atoms with van der Waals surface area (Å²) in [7, 11) is 0. The van der Waals surface area contributed by atoms with Gasteiger partial charge in [0.2, 0.25) is 0 Å². The van der Waals surface area contributed by atoms with Gasteiger partial charge in [-0.1, -0.05) is 48.5 Å². The lowest BCUT2D eigenvalue weighted by molar-refractivity contribution is -0.131. The van der Waals surface area contributed by atoms with Crippen LogP contribution < -0.4 is 4.74 Å². The summed E-state index contributed by atoms with van der Waals surface area (Å²) < 4.78 is 5.66. The fourth-order valence-corrected chi connectivity index (χ4v) is 2.32. The zero-order valence-corrected chi connectivity index (χ0v) is 10.3. The number of benzene rings is 2. The molecule has 1 aliphatic rings. The number of carbonyl (C=O) groups is 1. The molecule has 1 aliphatic heterocycles. The first-order chi connectivity index (χ1) is 9.25. The first-order valence-electron chi connectivity index (χ1n) is 6.26. The van der Waals surface area contributed by atoms with Crippen LogP contribution in [0.25, 0.3) is 0 Å². The average molecular weight is 254 g/mol. The van der Waals surface area contributed by atoms with E-state index >= 15 is 0 Å². The van der Waals surface area contributed by atoms with Crippen molar-refractivity contribution in [2.75, 3.05) is 0 Å². The Hall–Kier alpha value is -2.13. The molecule has 2 atom stereocenters. The standard InChI is InChI=1S/C16H14O3/c17-13-10-12-8-4-5-9-14(12)19-16(13)15(18)11-6-2-1-3-7-11/h1-9,15-16,18H,10H2. The average Bonchev–Trinajstić information content (AvgIpc) is 2.47. The Morgan fingerprint density at radius 1 is 1.05 bits per heavy atom. The molecule has 0 saturated heterocycles. The number of carbonyl (C=O) groups excluding carboxylic acids is 1. The lowest BCUT2D eigenvalue weighted by Crippen LogP contribution is -2.38. The Morgan fingerprint density at radius 3 is 2.53 bits per heavy atom. The van der Waals surface area contributed by atoms with Crippen molar-refractivity contribution in [3.05, 3.63) is 65.7 Å². The van der Waals surface area contributed by atoms with E-state index in [2.05, 4.69) is 0 Å². The van der Waals surface area contributed by atoms with Crippen molar-refractivity contribution in [1.29, 1.82) is 0 Å². The maximum absolute atomic E-state index is 12.1. The highest BCUT2D eigenvalue weighted by Gasteiger charge is 2.34. The molecule has 0 saturated carbocycles. The second-order valence-corrected chi connectivity index (χ2v) is 4.64. The molecule has 96 valence electrons. The minimum Gasteiger partial charge on any atom is -0.479 e. The van der Waals surface area contributed by atoms with Crippen LogP contribution in [-0.4, -0.2) is 17.0 Å². The summed E-state index contributed by atoms with van der Waals surface area (Å²) in [6, 6.07) is 16.6. The topological polar surface area (TPSA) is 46.5 Å². The van der Waals surface area contributed by atoms with Crippen molar-refractivity contribution in [2.24, 2.45) is 0 Å². The van der Waals surface area contributed by atoms with Crippen LogP contribution in [-0.2, 0) is 11.2 Å². The van der Waals surface area contributed by atoms with Crippen LogP contribution in [0.15, 0.2) is 54.6 Å². The highest BCUT2D eigenvalue weighted by molar-refractivity contribution is 5.88. The van der Waals surface area contributed by atoms with Crippen molar-refractivity contribution < 1.29 is 14.6 Å². The van der Waals surface area contributed by atoms with Crippen LogP contribution in [0.1, 0.15) is 17.2 Å². The van der Waals surface area contributed by atoms with E-state index in [1.807, 2.05) is 42.5 Å². The number of ketones is 1. The molecule has 0 bridgehead atoms. The molecule has 3 rings (SSSR count). The maximum atomic E-state index is 12.1. The summed E-state index contributed by atoms with van der Waals surface area (Å²) >= 11 is 0. The second kappa shape index (κ2) is 4.86. The molecule has 0 aromatic heterocycles. The van der Waals surface area contributed by atoms with Crippen LogP contribution in [0, 0.1) is 0 Å². The summed E-state index contributed by atoms with van der Waals surface area (Å²) in [5.41, 5.74) is 1.57. The second-order valence-electron chi connectivity index (χ2n) is 4.64. The Morgan fingerprint density at radius 2 is 1.74 bits per heavy atom. The molecule has 3 nitrogen and oxygen atoms in total. The molecule has 2 aromatic rings. The van der Waals surface area contributed by atoms with E-state index in [0.717, 1.165) is 5.56 Å². The Labute approximate surface area is 111 Å². The fraction of sp³-hybridized carbons (Fsp3) is 0.188. The Kier molecular flexibility index (Phi) is 3.05. The van der Waals surface area contributed by atoms with Gasteiger partial charge < -0.3 is 9.84 Å². The van der Waals surface area contributed by atoms with Gasteiger partial charge in [0.25, 0.3) is 0 Å². The number of hydrogen-bond acceptors (Lipinski definition) is 3. The van der Waals surface area contributed by atoms with Crippen LogP contribution in [0.2, 0.25) is 0 Å². The van der Waals surface area contributed by atoms with Crippen molar-refractivity contribution >= 4 is 5.78 Å². The number of hydrogen-bond donors (Lipinski definition) is 1. The third kappa shape index (κ3) is 2.25. The van der Waals surface area contributed by atoms with Gasteiger partial charge in [-0.2, -0.15) is 0 Å². The lowest BCUT2D eigenvalue weighted by atomic mass is 9.94. The predicted molar refractivity (Wildman–Crippen MR) is 71.0 cm³/mol. The third-order valence-electron chi connectivity index (χ3n) is 3.34. The van der Waals surface area contributed by atoms with E-state index in [4.69, 9.17) is 4.74 Å². The quantitative estimate of drug-likeness (QED) is 0.894. The van der Waals surface area contributed by atoms with E-state index in [9.17, 15) is 9.90 Å². The lowest BCUT2D eigenvalue weighted by Gasteiger charge is -2.28. The van der Waals surface area contributed by atoms with Crippen LogP contribution >= 0.6 is 0 Å². The molecule has 0 aliphatic carbocycles. The minimum absolute atomic E-state index is 0.0879. The first-order valence-corrected chi connectivity index (χ1v) is 6.26. The number of fused-ring (bicyclic) bond motifs is 1. The van der Waals surface area contributed by atoms with E-state index in [0.29, 0.717) is 17.7 Å². The number of rotatable bonds is 2. The molecule has 0 amide bonds. The van der Waals surface area contributed by atoms with Gasteiger partial charge >= 0.3 is 0 Å². The van der Waals surface area contributed by atoms with E-state index in [-0.39, 0.29) is 5.78 Å². The third-order valence-corrected chi connectivity index (χ3v) is 3.34. The van der Waals surface area contributed by atoms with Crippen LogP contribution in [0.3, 0.4) is 0 Å². The van der Waals surface area contributed by atoms with Gasteiger partial charge in [-0.25, -0.2) is 0 Å². The van der Waals surface area contributed by atoms with Crippen molar-refractivity contribution in [1.82, 2.24) is 0 Å². The first kappa shape index (κ1) is 11.9. The summed E-state index contributed by atoms with van der Waals surface area (Å²) in [5, 5.41) is 10.3. The normalized spacial score (nSPS) is 19.4. The van der Waals surface area contributed by atoms with Gasteiger partial charge in [0.05, 0.1) is 0 Å². The number of Topliss-reactive ketones (excluding diaryl/α,β-unsaturated/α-hetero) is 1. The fourth-order valence-electron chi connectivity index (χ4n) is 2.32. The maximum Gasteiger partial charge on any atom is 0.187 e. The molecule has 19 heavy (non-hydrogen) atoms. The number of aliphatic hydroxyl groups is 1. The van der Waals surface area contributed by atoms with Gasteiger partial charge in [-0.05, 0) is 11.6 Å². The molecule has 2 unspecified atom stereocenters. The van der Waals surface area contributed by atoms with Crippen molar-refractivity contribution in [2.45, 2.75) is 18.6 Å². The highest BCUT2D eigenvalue weighted by atomic mass is 16.5. The number of aliphatic hydroxyl groups excluding tert-OH is 1. The molecule has 0 fully saturated rings. The van der Waals surface area contributed by atoms with Gasteiger partial charge in [0.15, 0.2) is 11.9 Å². The van der Waals surface area contributed by atoms with E-state index in [1.165, 1.54) is 0 Å². The SMILES string of the molecule is O=C1Cc2ccccc2OC1C(O)c1ccccc1. The van der Waals surface area contributed by atoms with E-state index in [1.54, 1.807) is 12.1 Å². The molecular weight excluding hydrogens is 240 g/mol. The van der Waals surface area contributed by atoms with Gasteiger partial charge in [-0.3, -0.25) is 4.79 Å². The van der Waals surface area contributed by atoms with E-state index < -0.39 is 12.2 Å². The largest absolute Gasteiger partial charge is 0.479 e. The predicted octanol–water partition coefficient (Wildman–Crippen LogP) is 2.29. The monoisotopic (exact) mass is 254 g/mol. The Bertz CT molecular complexity index is 592. The van der Waals surface area contributed by atoms with Gasteiger partial charge in [-0.15, -0.1) is 0 Å². The van der Waals surface area contributed by atoms with Crippen LogP contribution in [0.4, 0.5) is 0 Å². The molecule has 3 heteroatoms. The molecule has 1 N–H and O–H groups in total.